The first kappa shape index (κ1) is 14.3. The molecule has 5 heteroatoms. The lowest BCUT2D eigenvalue weighted by atomic mass is 10.1. The van der Waals surface area contributed by atoms with Gasteiger partial charge >= 0.3 is 5.97 Å². The summed E-state index contributed by atoms with van der Waals surface area (Å²) in [5, 5.41) is 11.4. The van der Waals surface area contributed by atoms with Crippen LogP contribution in [0.3, 0.4) is 0 Å². The van der Waals surface area contributed by atoms with Crippen LogP contribution in [0.4, 0.5) is 5.69 Å². The van der Waals surface area contributed by atoms with Crippen molar-refractivity contribution in [3.05, 3.63) is 35.9 Å². The van der Waals surface area contributed by atoms with Gasteiger partial charge in [0, 0.05) is 18.4 Å². The van der Waals surface area contributed by atoms with Gasteiger partial charge in [-0.1, -0.05) is 12.1 Å². The van der Waals surface area contributed by atoms with Crippen molar-refractivity contribution in [3.8, 4) is 0 Å². The number of amides is 1. The number of hydrogen-bond donors (Lipinski definition) is 2. The Morgan fingerprint density at radius 3 is 3.00 bits per heavy atom. The van der Waals surface area contributed by atoms with Gasteiger partial charge in [0.2, 0.25) is 5.91 Å². The molecule has 0 radical (unpaired) electrons. The van der Waals surface area contributed by atoms with Crippen molar-refractivity contribution in [2.24, 2.45) is 0 Å². The van der Waals surface area contributed by atoms with Crippen LogP contribution in [-0.2, 0) is 14.3 Å². The molecule has 0 bridgehead atoms. The van der Waals surface area contributed by atoms with E-state index in [1.165, 1.54) is 6.08 Å². The first-order chi connectivity index (χ1) is 9.63. The molecule has 1 fully saturated rings. The van der Waals surface area contributed by atoms with Crippen LogP contribution in [0, 0.1) is 0 Å². The highest BCUT2D eigenvalue weighted by Crippen LogP contribution is 2.17. The number of hydrogen-bond acceptors (Lipinski definition) is 3. The highest BCUT2D eigenvalue weighted by atomic mass is 16.5. The van der Waals surface area contributed by atoms with Crippen molar-refractivity contribution < 1.29 is 19.4 Å². The Kier molecular flexibility index (Phi) is 4.90. The summed E-state index contributed by atoms with van der Waals surface area (Å²) < 4.78 is 5.41. The lowest BCUT2D eigenvalue weighted by Gasteiger charge is -2.10. The van der Waals surface area contributed by atoms with Crippen LogP contribution in [0.2, 0.25) is 0 Å². The minimum absolute atomic E-state index is 0.0186. The molecule has 1 aliphatic heterocycles. The van der Waals surface area contributed by atoms with E-state index in [9.17, 15) is 9.59 Å². The van der Waals surface area contributed by atoms with E-state index in [1.807, 2.05) is 0 Å². The number of ether oxygens (including phenoxy) is 1. The van der Waals surface area contributed by atoms with Gasteiger partial charge in [-0.25, -0.2) is 4.79 Å². The fourth-order valence-electron chi connectivity index (χ4n) is 2.11. The summed E-state index contributed by atoms with van der Waals surface area (Å²) in [6.07, 6.45) is 4.85. The van der Waals surface area contributed by atoms with Gasteiger partial charge < -0.3 is 15.2 Å². The molecule has 1 amide bonds. The fraction of sp³-hybridized carbons (Fsp3) is 0.333. The molecule has 0 saturated carbocycles. The Hall–Kier alpha value is -2.14. The number of benzene rings is 1. The summed E-state index contributed by atoms with van der Waals surface area (Å²) in [5.74, 6) is -1.09. The molecule has 5 nitrogen and oxygen atoms in total. The van der Waals surface area contributed by atoms with E-state index in [4.69, 9.17) is 9.84 Å². The molecule has 1 saturated heterocycles. The van der Waals surface area contributed by atoms with Crippen LogP contribution < -0.4 is 5.32 Å². The molecular weight excluding hydrogens is 258 g/mol. The summed E-state index contributed by atoms with van der Waals surface area (Å²) in [7, 11) is 0. The zero-order valence-electron chi connectivity index (χ0n) is 11.0. The van der Waals surface area contributed by atoms with Gasteiger partial charge in [0.1, 0.15) is 0 Å². The molecule has 1 unspecified atom stereocenters. The molecule has 2 rings (SSSR count). The highest BCUT2D eigenvalue weighted by molar-refractivity contribution is 5.91. The number of anilines is 1. The Bertz CT molecular complexity index is 518. The largest absolute Gasteiger partial charge is 0.478 e. The van der Waals surface area contributed by atoms with Crippen molar-refractivity contribution in [1.82, 2.24) is 0 Å². The maximum atomic E-state index is 11.8. The number of nitrogens with one attached hydrogen (secondary N) is 1. The third-order valence-electron chi connectivity index (χ3n) is 3.03. The van der Waals surface area contributed by atoms with Gasteiger partial charge in [0.05, 0.1) is 12.5 Å². The van der Waals surface area contributed by atoms with E-state index in [1.54, 1.807) is 24.3 Å². The zero-order chi connectivity index (χ0) is 14.4. The number of rotatable bonds is 5. The normalized spacial score (nSPS) is 18.3. The molecule has 0 aliphatic carbocycles. The predicted molar refractivity (Wildman–Crippen MR) is 75.3 cm³/mol. The van der Waals surface area contributed by atoms with Gasteiger partial charge in [-0.2, -0.15) is 0 Å². The Balaban J connectivity index is 1.93. The third-order valence-corrected chi connectivity index (χ3v) is 3.03. The number of carbonyl (C=O) groups excluding carboxylic acids is 1. The van der Waals surface area contributed by atoms with Crippen molar-refractivity contribution >= 4 is 23.6 Å². The van der Waals surface area contributed by atoms with Gasteiger partial charge in [0.15, 0.2) is 0 Å². The van der Waals surface area contributed by atoms with Crippen LogP contribution in [0.15, 0.2) is 30.3 Å². The first-order valence-electron chi connectivity index (χ1n) is 6.56. The molecule has 106 valence electrons. The summed E-state index contributed by atoms with van der Waals surface area (Å²) in [6.45, 7) is 0.730. The van der Waals surface area contributed by atoms with Gasteiger partial charge in [-0.3, -0.25) is 4.79 Å². The second-order valence-electron chi connectivity index (χ2n) is 4.68. The van der Waals surface area contributed by atoms with E-state index >= 15 is 0 Å². The Labute approximate surface area is 117 Å². The molecule has 20 heavy (non-hydrogen) atoms. The topological polar surface area (TPSA) is 75.6 Å². The van der Waals surface area contributed by atoms with Crippen LogP contribution in [0.25, 0.3) is 6.08 Å². The highest BCUT2D eigenvalue weighted by Gasteiger charge is 2.18. The SMILES string of the molecule is O=C(O)C=Cc1cccc(NC(=O)CC2CCCO2)c1. The maximum absolute atomic E-state index is 11.8. The monoisotopic (exact) mass is 275 g/mol. The molecular formula is C15H17NO4. The van der Waals surface area contributed by atoms with Crippen LogP contribution in [0.5, 0.6) is 0 Å². The van der Waals surface area contributed by atoms with Crippen molar-refractivity contribution in [2.75, 3.05) is 11.9 Å². The third kappa shape index (κ3) is 4.51. The number of carboxylic acids is 1. The van der Waals surface area contributed by atoms with Crippen molar-refractivity contribution in [1.29, 1.82) is 0 Å². The summed E-state index contributed by atoms with van der Waals surface area (Å²) >= 11 is 0. The number of carbonyl (C=O) groups is 2. The summed E-state index contributed by atoms with van der Waals surface area (Å²) in [4.78, 5) is 22.3. The average Bonchev–Trinajstić information content (AvgIpc) is 2.89. The van der Waals surface area contributed by atoms with Crippen LogP contribution in [0.1, 0.15) is 24.8 Å². The van der Waals surface area contributed by atoms with Gasteiger partial charge in [-0.15, -0.1) is 0 Å². The Morgan fingerprint density at radius 1 is 1.45 bits per heavy atom. The smallest absolute Gasteiger partial charge is 0.328 e. The molecule has 1 heterocycles. The first-order valence-corrected chi connectivity index (χ1v) is 6.56. The van der Waals surface area contributed by atoms with Crippen molar-refractivity contribution in [2.45, 2.75) is 25.4 Å². The lowest BCUT2D eigenvalue weighted by Crippen LogP contribution is -2.19. The molecule has 0 aromatic heterocycles. The summed E-state index contributed by atoms with van der Waals surface area (Å²) in [5.41, 5.74) is 1.38. The second-order valence-corrected chi connectivity index (χ2v) is 4.68. The van der Waals surface area contributed by atoms with Crippen LogP contribution in [-0.4, -0.2) is 29.7 Å². The van der Waals surface area contributed by atoms with Crippen molar-refractivity contribution in [3.63, 3.8) is 0 Å². The van der Waals surface area contributed by atoms with Crippen LogP contribution >= 0.6 is 0 Å². The standard InChI is InChI=1S/C15H17NO4/c17-14(10-13-5-2-8-20-13)16-12-4-1-3-11(9-12)6-7-15(18)19/h1,3-4,6-7,9,13H,2,5,8,10H2,(H,16,17)(H,18,19). The average molecular weight is 275 g/mol. The number of aliphatic carboxylic acids is 1. The fourth-order valence-corrected chi connectivity index (χ4v) is 2.11. The molecule has 2 N–H and O–H groups in total. The van der Waals surface area contributed by atoms with Gasteiger partial charge in [0.25, 0.3) is 0 Å². The molecule has 0 spiro atoms. The van der Waals surface area contributed by atoms with E-state index in [0.29, 0.717) is 12.1 Å². The minimum Gasteiger partial charge on any atom is -0.478 e. The quantitative estimate of drug-likeness (QED) is 0.808. The van der Waals surface area contributed by atoms with Gasteiger partial charge in [-0.05, 0) is 36.6 Å². The van der Waals surface area contributed by atoms with E-state index in [2.05, 4.69) is 5.32 Å². The Morgan fingerprint density at radius 2 is 2.30 bits per heavy atom. The number of carboxylic acid groups (broad SMARTS) is 1. The molecule has 1 aromatic carbocycles. The summed E-state index contributed by atoms with van der Waals surface area (Å²) in [6, 6.07) is 7.04. The maximum Gasteiger partial charge on any atom is 0.328 e. The predicted octanol–water partition coefficient (Wildman–Crippen LogP) is 2.29. The van der Waals surface area contributed by atoms with E-state index in [0.717, 1.165) is 31.1 Å². The van der Waals surface area contributed by atoms with E-state index in [-0.39, 0.29) is 12.0 Å². The lowest BCUT2D eigenvalue weighted by molar-refractivity contribution is -0.131. The molecule has 1 aliphatic rings. The molecule has 1 aromatic rings. The molecule has 1 atom stereocenters. The second kappa shape index (κ2) is 6.86. The minimum atomic E-state index is -1.00. The zero-order valence-corrected chi connectivity index (χ0v) is 11.0. The van der Waals surface area contributed by atoms with E-state index < -0.39 is 5.97 Å².